The molecule has 0 aromatic heterocycles. The van der Waals surface area contributed by atoms with Gasteiger partial charge in [-0.05, 0) is 25.2 Å². The van der Waals surface area contributed by atoms with E-state index in [9.17, 15) is 0 Å². The minimum absolute atomic E-state index is 0.0175. The largest absolute Gasteiger partial charge is 0.374 e. The zero-order valence-electron chi connectivity index (χ0n) is 10.3. The Hall–Kier alpha value is -0.0800. The molecule has 2 nitrogen and oxygen atoms in total. The van der Waals surface area contributed by atoms with Crippen LogP contribution < -0.4 is 5.32 Å². The highest BCUT2D eigenvalue weighted by molar-refractivity contribution is 4.87. The van der Waals surface area contributed by atoms with E-state index in [0.717, 1.165) is 19.6 Å². The molecule has 1 saturated heterocycles. The van der Waals surface area contributed by atoms with Crippen molar-refractivity contribution < 1.29 is 4.74 Å². The van der Waals surface area contributed by atoms with Crippen LogP contribution in [0.5, 0.6) is 0 Å². The van der Waals surface area contributed by atoms with Crippen molar-refractivity contribution in [3.63, 3.8) is 0 Å². The summed E-state index contributed by atoms with van der Waals surface area (Å²) in [5, 5.41) is 3.63. The normalized spacial score (nSPS) is 34.9. The highest BCUT2D eigenvalue weighted by Crippen LogP contribution is 2.24. The lowest BCUT2D eigenvalue weighted by Gasteiger charge is -2.32. The molecule has 2 atom stereocenters. The number of rotatable bonds is 2. The van der Waals surface area contributed by atoms with Gasteiger partial charge < -0.3 is 10.1 Å². The summed E-state index contributed by atoms with van der Waals surface area (Å²) in [5.74, 6) is 1.27. The Balaban J connectivity index is 2.56. The van der Waals surface area contributed by atoms with Crippen LogP contribution in [0.3, 0.4) is 0 Å². The summed E-state index contributed by atoms with van der Waals surface area (Å²) in [6, 6.07) is 0.621. The molecule has 1 aliphatic heterocycles. The van der Waals surface area contributed by atoms with E-state index in [-0.39, 0.29) is 5.60 Å². The smallest absolute Gasteiger partial charge is 0.0801 e. The fourth-order valence-electron chi connectivity index (χ4n) is 1.85. The summed E-state index contributed by atoms with van der Waals surface area (Å²) in [7, 11) is 0. The van der Waals surface area contributed by atoms with Crippen LogP contribution in [0.4, 0.5) is 0 Å². The van der Waals surface area contributed by atoms with E-state index in [0.29, 0.717) is 17.9 Å². The standard InChI is InChI=1S/C12H25NO/c1-9(2)11-6-7-14-12(5,8-13-11)10(3)4/h9-11,13H,6-8H2,1-5H3. The quantitative estimate of drug-likeness (QED) is 0.737. The highest BCUT2D eigenvalue weighted by Gasteiger charge is 2.32. The second-order valence-corrected chi connectivity index (χ2v) is 5.34. The van der Waals surface area contributed by atoms with Gasteiger partial charge in [0.05, 0.1) is 5.60 Å². The molecule has 1 fully saturated rings. The predicted molar refractivity (Wildman–Crippen MR) is 60.4 cm³/mol. The molecule has 0 aliphatic carbocycles. The van der Waals surface area contributed by atoms with Gasteiger partial charge in [-0.25, -0.2) is 0 Å². The average molecular weight is 199 g/mol. The second-order valence-electron chi connectivity index (χ2n) is 5.34. The van der Waals surface area contributed by atoms with Crippen molar-refractivity contribution in [2.75, 3.05) is 13.2 Å². The lowest BCUT2D eigenvalue weighted by Crippen LogP contribution is -2.45. The zero-order chi connectivity index (χ0) is 10.8. The van der Waals surface area contributed by atoms with Crippen molar-refractivity contribution >= 4 is 0 Å². The van der Waals surface area contributed by atoms with Gasteiger partial charge in [-0.3, -0.25) is 0 Å². The molecule has 0 saturated carbocycles. The molecule has 1 aliphatic rings. The van der Waals surface area contributed by atoms with E-state index in [1.165, 1.54) is 0 Å². The van der Waals surface area contributed by atoms with Gasteiger partial charge in [0.25, 0.3) is 0 Å². The third-order valence-corrected chi connectivity index (χ3v) is 3.60. The predicted octanol–water partition coefficient (Wildman–Crippen LogP) is 2.44. The van der Waals surface area contributed by atoms with E-state index in [1.807, 2.05) is 0 Å². The van der Waals surface area contributed by atoms with Crippen LogP contribution in [-0.2, 0) is 4.74 Å². The maximum Gasteiger partial charge on any atom is 0.0801 e. The van der Waals surface area contributed by atoms with Gasteiger partial charge in [0.1, 0.15) is 0 Å². The van der Waals surface area contributed by atoms with Crippen molar-refractivity contribution in [1.29, 1.82) is 0 Å². The van der Waals surface area contributed by atoms with E-state index in [1.54, 1.807) is 0 Å². The number of nitrogens with one attached hydrogen (secondary N) is 1. The van der Waals surface area contributed by atoms with Gasteiger partial charge >= 0.3 is 0 Å². The van der Waals surface area contributed by atoms with Crippen LogP contribution in [0.15, 0.2) is 0 Å². The molecule has 0 spiro atoms. The molecule has 84 valence electrons. The average Bonchev–Trinajstić information content (AvgIpc) is 2.28. The van der Waals surface area contributed by atoms with Gasteiger partial charge in [-0.2, -0.15) is 0 Å². The Morgan fingerprint density at radius 3 is 2.43 bits per heavy atom. The lowest BCUT2D eigenvalue weighted by atomic mass is 9.92. The van der Waals surface area contributed by atoms with E-state index in [2.05, 4.69) is 39.9 Å². The van der Waals surface area contributed by atoms with Gasteiger partial charge in [0.15, 0.2) is 0 Å². The molecule has 0 radical (unpaired) electrons. The Bertz CT molecular complexity index is 179. The molecule has 1 N–H and O–H groups in total. The summed E-state index contributed by atoms with van der Waals surface area (Å²) in [5.41, 5.74) is 0.0175. The first-order chi connectivity index (χ1) is 6.46. The Morgan fingerprint density at radius 2 is 1.93 bits per heavy atom. The van der Waals surface area contributed by atoms with Crippen LogP contribution in [0.2, 0.25) is 0 Å². The van der Waals surface area contributed by atoms with E-state index in [4.69, 9.17) is 4.74 Å². The van der Waals surface area contributed by atoms with Crippen molar-refractivity contribution in [2.24, 2.45) is 11.8 Å². The van der Waals surface area contributed by atoms with Gasteiger partial charge in [-0.1, -0.05) is 27.7 Å². The van der Waals surface area contributed by atoms with Gasteiger partial charge in [0, 0.05) is 19.2 Å². The SMILES string of the molecule is CC(C)C1CCOC(C)(C(C)C)CN1. The minimum atomic E-state index is 0.0175. The highest BCUT2D eigenvalue weighted by atomic mass is 16.5. The molecule has 1 heterocycles. The number of hydrogen-bond donors (Lipinski definition) is 1. The van der Waals surface area contributed by atoms with Crippen molar-refractivity contribution in [3.8, 4) is 0 Å². The first-order valence-corrected chi connectivity index (χ1v) is 5.83. The topological polar surface area (TPSA) is 21.3 Å². The number of hydrogen-bond acceptors (Lipinski definition) is 2. The summed E-state index contributed by atoms with van der Waals surface area (Å²) >= 11 is 0. The molecule has 0 aromatic carbocycles. The summed E-state index contributed by atoms with van der Waals surface area (Å²) in [6.45, 7) is 13.1. The van der Waals surface area contributed by atoms with Crippen LogP contribution >= 0.6 is 0 Å². The first kappa shape index (κ1) is 12.0. The Labute approximate surface area is 88.4 Å². The van der Waals surface area contributed by atoms with Crippen LogP contribution in [0.25, 0.3) is 0 Å². The maximum absolute atomic E-state index is 5.97. The third kappa shape index (κ3) is 2.71. The molecular weight excluding hydrogens is 174 g/mol. The van der Waals surface area contributed by atoms with Crippen molar-refractivity contribution in [2.45, 2.75) is 52.7 Å². The maximum atomic E-state index is 5.97. The monoisotopic (exact) mass is 199 g/mol. The van der Waals surface area contributed by atoms with Gasteiger partial charge in [-0.15, -0.1) is 0 Å². The molecule has 0 bridgehead atoms. The zero-order valence-corrected chi connectivity index (χ0v) is 10.3. The molecule has 1 rings (SSSR count). The molecule has 0 aromatic rings. The summed E-state index contributed by atoms with van der Waals surface area (Å²) < 4.78 is 5.97. The fourth-order valence-corrected chi connectivity index (χ4v) is 1.85. The summed E-state index contributed by atoms with van der Waals surface area (Å²) in [6.07, 6.45) is 1.14. The molecule has 14 heavy (non-hydrogen) atoms. The number of ether oxygens (including phenoxy) is 1. The van der Waals surface area contributed by atoms with Crippen molar-refractivity contribution in [3.05, 3.63) is 0 Å². The third-order valence-electron chi connectivity index (χ3n) is 3.60. The van der Waals surface area contributed by atoms with Gasteiger partial charge in [0.2, 0.25) is 0 Å². The Morgan fingerprint density at radius 1 is 1.29 bits per heavy atom. The second kappa shape index (κ2) is 4.63. The molecular formula is C12H25NO. The molecule has 2 heteroatoms. The minimum Gasteiger partial charge on any atom is -0.374 e. The lowest BCUT2D eigenvalue weighted by molar-refractivity contribution is -0.0521. The van der Waals surface area contributed by atoms with Crippen LogP contribution in [-0.4, -0.2) is 24.8 Å². The molecule has 0 amide bonds. The van der Waals surface area contributed by atoms with E-state index < -0.39 is 0 Å². The van der Waals surface area contributed by atoms with Crippen LogP contribution in [0, 0.1) is 11.8 Å². The fraction of sp³-hybridized carbons (Fsp3) is 1.00. The Kier molecular flexibility index (Phi) is 3.96. The first-order valence-electron chi connectivity index (χ1n) is 5.83. The summed E-state index contributed by atoms with van der Waals surface area (Å²) in [4.78, 5) is 0. The van der Waals surface area contributed by atoms with Crippen molar-refractivity contribution in [1.82, 2.24) is 5.32 Å². The van der Waals surface area contributed by atoms with E-state index >= 15 is 0 Å². The molecule has 2 unspecified atom stereocenters. The van der Waals surface area contributed by atoms with Crippen LogP contribution in [0.1, 0.15) is 41.0 Å².